The van der Waals surface area contributed by atoms with E-state index in [4.69, 9.17) is 10.1 Å². The Morgan fingerprint density at radius 2 is 2.07 bits per heavy atom. The Morgan fingerprint density at radius 1 is 1.41 bits per heavy atom. The molecular weight excluding hydrogens is 388 g/mol. The molecule has 3 unspecified atom stereocenters. The molecule has 4 rings (SSSR count). The molecule has 0 amide bonds. The summed E-state index contributed by atoms with van der Waals surface area (Å²) in [6.45, 7) is 5.11. The van der Waals surface area contributed by atoms with Crippen molar-refractivity contribution in [2.24, 2.45) is 5.92 Å². The molecule has 0 radical (unpaired) electrons. The zero-order valence-corrected chi connectivity index (χ0v) is 15.5. The Kier molecular flexibility index (Phi) is 4.39. The first-order chi connectivity index (χ1) is 13.7. The maximum Gasteiger partial charge on any atom is 0.344 e. The normalized spacial score (nSPS) is 33.1. The fourth-order valence-electron chi connectivity index (χ4n) is 4.64. The summed E-state index contributed by atoms with van der Waals surface area (Å²) in [5.74, 6) is -3.78. The number of carbonyl (C=O) groups excluding carboxylic acids is 1. The van der Waals surface area contributed by atoms with Crippen molar-refractivity contribution >= 4 is 11.9 Å². The van der Waals surface area contributed by atoms with E-state index in [0.717, 1.165) is 23.3 Å². The topological polar surface area (TPSA) is 121 Å². The maximum absolute atomic E-state index is 14.0. The van der Waals surface area contributed by atoms with Crippen LogP contribution in [-0.4, -0.2) is 69.2 Å². The van der Waals surface area contributed by atoms with E-state index in [2.05, 4.69) is 17.2 Å². The van der Waals surface area contributed by atoms with E-state index in [1.54, 1.807) is 6.92 Å². The van der Waals surface area contributed by atoms with E-state index in [0.29, 0.717) is 0 Å². The van der Waals surface area contributed by atoms with Crippen molar-refractivity contribution in [1.82, 2.24) is 20.6 Å². The molecule has 5 N–H and O–H groups in total. The zero-order valence-electron chi connectivity index (χ0n) is 15.5. The summed E-state index contributed by atoms with van der Waals surface area (Å²) in [5, 5.41) is 35.5. The van der Waals surface area contributed by atoms with Gasteiger partial charge < -0.3 is 25.4 Å². The van der Waals surface area contributed by atoms with Gasteiger partial charge in [-0.05, 0) is 12.1 Å². The Morgan fingerprint density at radius 3 is 2.69 bits per heavy atom. The van der Waals surface area contributed by atoms with Crippen molar-refractivity contribution in [2.45, 2.75) is 30.8 Å². The number of rotatable bonds is 3. The molecule has 0 aromatic heterocycles. The van der Waals surface area contributed by atoms with Gasteiger partial charge in [0.25, 0.3) is 0 Å². The van der Waals surface area contributed by atoms with Crippen LogP contribution in [0.25, 0.3) is 0 Å². The molecule has 9 nitrogen and oxygen atoms in total. The predicted octanol–water partition coefficient (Wildman–Crippen LogP) is 0.171. The zero-order chi connectivity index (χ0) is 21.1. The van der Waals surface area contributed by atoms with Gasteiger partial charge in [-0.15, -0.1) is 0 Å². The second-order valence-electron chi connectivity index (χ2n) is 7.39. The number of aliphatic hydroxyl groups is 1. The van der Waals surface area contributed by atoms with Crippen LogP contribution >= 0.6 is 0 Å². The van der Waals surface area contributed by atoms with Crippen LogP contribution in [0.4, 0.5) is 8.78 Å². The molecule has 0 saturated carbocycles. The molecule has 0 aliphatic carbocycles. The first-order valence-corrected chi connectivity index (χ1v) is 9.06. The third-order valence-corrected chi connectivity index (χ3v) is 6.01. The minimum absolute atomic E-state index is 0.00448. The highest BCUT2D eigenvalue weighted by Gasteiger charge is 2.69. The van der Waals surface area contributed by atoms with Gasteiger partial charge in [-0.3, -0.25) is 10.6 Å². The Bertz CT molecular complexity index is 879. The lowest BCUT2D eigenvalue weighted by molar-refractivity contribution is -0.190. The number of ether oxygens (including phenoxy) is 1. The minimum atomic E-state index is -1.27. The van der Waals surface area contributed by atoms with Crippen LogP contribution in [0.3, 0.4) is 0 Å². The largest absolute Gasteiger partial charge is 0.456 e. The summed E-state index contributed by atoms with van der Waals surface area (Å²) in [6, 6.07) is 1.85. The molecule has 5 atom stereocenters. The van der Waals surface area contributed by atoms with E-state index in [1.807, 2.05) is 0 Å². The summed E-state index contributed by atoms with van der Waals surface area (Å²) in [4.78, 5) is 14.0. The second kappa shape index (κ2) is 6.56. The average Bonchev–Trinajstić information content (AvgIpc) is 3.11. The van der Waals surface area contributed by atoms with Crippen LogP contribution in [-0.2, 0) is 4.74 Å². The lowest BCUT2D eigenvalue weighted by Crippen LogP contribution is -2.75. The molecule has 1 aromatic rings. The monoisotopic (exact) mass is 409 g/mol. The molecule has 3 heterocycles. The van der Waals surface area contributed by atoms with Gasteiger partial charge in [-0.1, -0.05) is 19.6 Å². The van der Waals surface area contributed by atoms with Crippen molar-refractivity contribution in [3.8, 4) is 0 Å². The lowest BCUT2D eigenvalue weighted by atomic mass is 9.82. The van der Waals surface area contributed by atoms with Gasteiger partial charge in [0.15, 0.2) is 11.6 Å². The van der Waals surface area contributed by atoms with Crippen molar-refractivity contribution in [2.75, 3.05) is 13.2 Å². The number of halogens is 2. The summed E-state index contributed by atoms with van der Waals surface area (Å²) >= 11 is 0. The van der Waals surface area contributed by atoms with Crippen LogP contribution in [0, 0.1) is 23.0 Å². The number of nitrogens with zero attached hydrogens (tertiary/aromatic N) is 2. The molecule has 29 heavy (non-hydrogen) atoms. The van der Waals surface area contributed by atoms with Crippen LogP contribution in [0.5, 0.6) is 0 Å². The number of guanidine groups is 1. The Hall–Kier alpha value is -2.92. The molecule has 1 aromatic carbocycles. The van der Waals surface area contributed by atoms with Crippen molar-refractivity contribution < 1.29 is 28.6 Å². The van der Waals surface area contributed by atoms with Crippen molar-refractivity contribution in [1.29, 1.82) is 5.41 Å². The number of hydroxylamine groups is 2. The highest BCUT2D eigenvalue weighted by atomic mass is 19.1. The van der Waals surface area contributed by atoms with Gasteiger partial charge in [0, 0.05) is 5.92 Å². The van der Waals surface area contributed by atoms with Gasteiger partial charge in [-0.25, -0.2) is 18.6 Å². The Balaban J connectivity index is 1.69. The number of carbonyl (C=O) groups is 1. The number of aliphatic hydroxyl groups excluding tert-OH is 1. The Labute approximate surface area is 165 Å². The van der Waals surface area contributed by atoms with E-state index < -0.39 is 52.9 Å². The molecule has 156 valence electrons. The number of hydrogen-bond donors (Lipinski definition) is 5. The van der Waals surface area contributed by atoms with E-state index >= 15 is 0 Å². The van der Waals surface area contributed by atoms with Gasteiger partial charge in [0.05, 0.1) is 25.2 Å². The fourth-order valence-corrected chi connectivity index (χ4v) is 4.64. The first kappa shape index (κ1) is 19.4. The standard InChI is InChI=1S/C18H21F2N5O4/c1-8-13(29-16(27)14-10(19)4-3-5-11(14)20)6-24-17(21)23-12(7-26)15-18(8,24)25(28)9(2)22-15/h3-5,8,12-13,15,22,26,28H,2,6-7H2,1H3,(H2,21,23)/t8?,12-,13-,15?,18?/m0/s1. The quantitative estimate of drug-likeness (QED) is 0.448. The fraction of sp³-hybridized carbons (Fsp3) is 0.444. The molecule has 3 saturated heterocycles. The van der Waals surface area contributed by atoms with Crippen LogP contribution in [0.2, 0.25) is 0 Å². The van der Waals surface area contributed by atoms with Gasteiger partial charge in [0.2, 0.25) is 0 Å². The summed E-state index contributed by atoms with van der Waals surface area (Å²) in [6.07, 6.45) is -0.897. The van der Waals surface area contributed by atoms with E-state index in [-0.39, 0.29) is 24.9 Å². The number of benzene rings is 1. The summed E-state index contributed by atoms with van der Waals surface area (Å²) < 4.78 is 33.3. The molecule has 11 heteroatoms. The number of hydrogen-bond acceptors (Lipinski definition) is 7. The first-order valence-electron chi connectivity index (χ1n) is 9.06. The lowest BCUT2D eigenvalue weighted by Gasteiger charge is -2.51. The van der Waals surface area contributed by atoms with Crippen LogP contribution in [0.15, 0.2) is 30.6 Å². The molecular formula is C18H21F2N5O4. The second-order valence-corrected chi connectivity index (χ2v) is 7.39. The molecule has 3 aliphatic heterocycles. The number of nitrogens with one attached hydrogen (secondary N) is 3. The highest BCUT2D eigenvalue weighted by Crippen LogP contribution is 2.48. The third kappa shape index (κ3) is 2.50. The average molecular weight is 409 g/mol. The van der Waals surface area contributed by atoms with Crippen LogP contribution < -0.4 is 10.6 Å². The summed E-state index contributed by atoms with van der Waals surface area (Å²) in [7, 11) is 0. The van der Waals surface area contributed by atoms with E-state index in [1.165, 1.54) is 4.90 Å². The predicted molar refractivity (Wildman–Crippen MR) is 95.6 cm³/mol. The molecule has 1 spiro atoms. The third-order valence-electron chi connectivity index (χ3n) is 6.01. The van der Waals surface area contributed by atoms with Gasteiger partial charge in [0.1, 0.15) is 29.1 Å². The summed E-state index contributed by atoms with van der Waals surface area (Å²) in [5.41, 5.74) is -2.07. The molecule has 0 bridgehead atoms. The highest BCUT2D eigenvalue weighted by molar-refractivity contribution is 5.90. The van der Waals surface area contributed by atoms with Crippen molar-refractivity contribution in [3.63, 3.8) is 0 Å². The van der Waals surface area contributed by atoms with Gasteiger partial charge in [-0.2, -0.15) is 0 Å². The SMILES string of the molecule is C=C1NC2[C@H](CO)NC(=N)N3C[C@H](OC(=O)c4c(F)cccc4F)C(C)C23N1O. The van der Waals surface area contributed by atoms with E-state index in [9.17, 15) is 23.9 Å². The number of esters is 1. The van der Waals surface area contributed by atoms with Crippen LogP contribution in [0.1, 0.15) is 17.3 Å². The van der Waals surface area contributed by atoms with Gasteiger partial charge >= 0.3 is 5.97 Å². The molecule has 3 fully saturated rings. The smallest absolute Gasteiger partial charge is 0.344 e. The molecule has 3 aliphatic rings. The van der Waals surface area contributed by atoms with Crippen molar-refractivity contribution in [3.05, 3.63) is 47.8 Å². The maximum atomic E-state index is 14.0. The minimum Gasteiger partial charge on any atom is -0.456 e.